The van der Waals surface area contributed by atoms with Crippen LogP contribution in [0.25, 0.3) is 0 Å². The molecule has 1 aliphatic rings. The van der Waals surface area contributed by atoms with Gasteiger partial charge in [0.1, 0.15) is 5.78 Å². The molecule has 0 radical (unpaired) electrons. The quantitative estimate of drug-likeness (QED) is 0.908. The lowest BCUT2D eigenvalue weighted by Gasteiger charge is -2.29. The van der Waals surface area contributed by atoms with E-state index in [0.717, 1.165) is 24.8 Å². The lowest BCUT2D eigenvalue weighted by atomic mass is 9.76. The first-order chi connectivity index (χ1) is 8.72. The number of ketones is 1. The van der Waals surface area contributed by atoms with Crippen LogP contribution in [0.2, 0.25) is 5.02 Å². The number of halogens is 1. The van der Waals surface area contributed by atoms with Crippen molar-refractivity contribution in [3.05, 3.63) is 34.9 Å². The van der Waals surface area contributed by atoms with E-state index in [1.165, 1.54) is 6.42 Å². The van der Waals surface area contributed by atoms with Crippen LogP contribution in [0.4, 0.5) is 0 Å². The Morgan fingerprint density at radius 3 is 2.72 bits per heavy atom. The van der Waals surface area contributed by atoms with Gasteiger partial charge in [-0.1, -0.05) is 42.6 Å². The van der Waals surface area contributed by atoms with Gasteiger partial charge in [-0.15, -0.1) is 0 Å². The lowest BCUT2D eigenvalue weighted by Crippen LogP contribution is -2.33. The van der Waals surface area contributed by atoms with Crippen molar-refractivity contribution in [1.29, 1.82) is 0 Å². The van der Waals surface area contributed by atoms with E-state index in [1.54, 1.807) is 0 Å². The van der Waals surface area contributed by atoms with Crippen molar-refractivity contribution in [3.8, 4) is 0 Å². The monoisotopic (exact) mass is 265 g/mol. The van der Waals surface area contributed by atoms with E-state index in [2.05, 4.69) is 0 Å². The van der Waals surface area contributed by atoms with Crippen molar-refractivity contribution in [2.24, 2.45) is 17.6 Å². The molecule has 2 nitrogen and oxygen atoms in total. The third-order valence-corrected chi connectivity index (χ3v) is 4.32. The van der Waals surface area contributed by atoms with E-state index in [-0.39, 0.29) is 5.92 Å². The van der Waals surface area contributed by atoms with Gasteiger partial charge in [-0.3, -0.25) is 4.79 Å². The highest BCUT2D eigenvalue weighted by atomic mass is 35.5. The number of carbonyl (C=O) groups is 1. The van der Waals surface area contributed by atoms with E-state index < -0.39 is 0 Å². The lowest BCUT2D eigenvalue weighted by molar-refractivity contribution is -0.124. The molecule has 1 aliphatic carbocycles. The van der Waals surface area contributed by atoms with Gasteiger partial charge in [0.15, 0.2) is 0 Å². The van der Waals surface area contributed by atoms with Crippen LogP contribution in [0.1, 0.15) is 31.2 Å². The van der Waals surface area contributed by atoms with Crippen LogP contribution in [0, 0.1) is 11.8 Å². The molecule has 0 aromatic heterocycles. The molecule has 2 rings (SSSR count). The Morgan fingerprint density at radius 1 is 1.28 bits per heavy atom. The number of benzene rings is 1. The Morgan fingerprint density at radius 2 is 2.00 bits per heavy atom. The minimum atomic E-state index is 0.139. The first kappa shape index (κ1) is 13.6. The summed E-state index contributed by atoms with van der Waals surface area (Å²) in [4.78, 5) is 12.4. The number of Topliss-reactive ketones (excluding diaryl/α,β-unsaturated/α-hetero) is 1. The summed E-state index contributed by atoms with van der Waals surface area (Å²) in [6.45, 7) is 0.624. The Hall–Kier alpha value is -0.860. The largest absolute Gasteiger partial charge is 0.330 e. The predicted molar refractivity (Wildman–Crippen MR) is 74.7 cm³/mol. The third-order valence-electron chi connectivity index (χ3n) is 3.95. The van der Waals surface area contributed by atoms with Crippen molar-refractivity contribution >= 4 is 17.4 Å². The summed E-state index contributed by atoms with van der Waals surface area (Å²) >= 11 is 6.10. The highest BCUT2D eigenvalue weighted by Gasteiger charge is 2.29. The number of nitrogens with two attached hydrogens (primary N) is 1. The number of hydrogen-bond donors (Lipinski definition) is 1. The van der Waals surface area contributed by atoms with E-state index >= 15 is 0 Å². The molecule has 0 saturated heterocycles. The average molecular weight is 266 g/mol. The number of hydrogen-bond acceptors (Lipinski definition) is 2. The first-order valence-electron chi connectivity index (χ1n) is 6.68. The molecule has 1 saturated carbocycles. The highest BCUT2D eigenvalue weighted by molar-refractivity contribution is 6.31. The summed E-state index contributed by atoms with van der Waals surface area (Å²) in [6.07, 6.45) is 4.88. The topological polar surface area (TPSA) is 43.1 Å². The Bertz CT molecular complexity index is 419. The van der Waals surface area contributed by atoms with Gasteiger partial charge in [0.05, 0.1) is 0 Å². The molecule has 0 heterocycles. The fourth-order valence-corrected chi connectivity index (χ4v) is 3.08. The third kappa shape index (κ3) is 3.12. The van der Waals surface area contributed by atoms with Crippen LogP contribution >= 0.6 is 11.6 Å². The van der Waals surface area contributed by atoms with Gasteiger partial charge in [0.2, 0.25) is 0 Å². The molecule has 1 fully saturated rings. The Kier molecular flexibility index (Phi) is 4.79. The molecule has 0 amide bonds. The normalized spacial score (nSPS) is 23.9. The smallest absolute Gasteiger partial charge is 0.140 e. The molecule has 2 unspecified atom stereocenters. The van der Waals surface area contributed by atoms with Crippen LogP contribution in [0.15, 0.2) is 24.3 Å². The van der Waals surface area contributed by atoms with Gasteiger partial charge in [-0.25, -0.2) is 0 Å². The first-order valence-corrected chi connectivity index (χ1v) is 7.06. The Balaban J connectivity index is 2.05. The molecule has 3 heteroatoms. The van der Waals surface area contributed by atoms with Crippen molar-refractivity contribution < 1.29 is 4.79 Å². The van der Waals surface area contributed by atoms with Crippen molar-refractivity contribution in [2.45, 2.75) is 32.1 Å². The van der Waals surface area contributed by atoms with Crippen molar-refractivity contribution in [1.82, 2.24) is 0 Å². The van der Waals surface area contributed by atoms with Gasteiger partial charge >= 0.3 is 0 Å². The van der Waals surface area contributed by atoms with E-state index in [1.807, 2.05) is 24.3 Å². The summed E-state index contributed by atoms with van der Waals surface area (Å²) in [7, 11) is 0. The standard InChI is InChI=1S/C15H20ClNO/c16-14-8-4-2-5-11(14)9-15(18)13-7-3-1-6-12(13)10-17/h2,4-5,8,12-13H,1,3,6-7,9-10,17H2. The number of rotatable bonds is 4. The average Bonchev–Trinajstić information content (AvgIpc) is 2.41. The molecular weight excluding hydrogens is 246 g/mol. The predicted octanol–water partition coefficient (Wildman–Crippen LogP) is 3.22. The van der Waals surface area contributed by atoms with Crippen LogP contribution in [-0.4, -0.2) is 12.3 Å². The molecule has 2 N–H and O–H groups in total. The highest BCUT2D eigenvalue weighted by Crippen LogP contribution is 2.31. The molecule has 1 aromatic carbocycles. The second-order valence-electron chi connectivity index (χ2n) is 5.12. The van der Waals surface area contributed by atoms with E-state index in [0.29, 0.717) is 29.7 Å². The number of carbonyl (C=O) groups excluding carboxylic acids is 1. The van der Waals surface area contributed by atoms with Crippen LogP contribution in [0.5, 0.6) is 0 Å². The molecule has 98 valence electrons. The molecule has 0 aliphatic heterocycles. The van der Waals surface area contributed by atoms with Crippen LogP contribution in [-0.2, 0) is 11.2 Å². The summed E-state index contributed by atoms with van der Waals surface area (Å²) in [5.41, 5.74) is 6.71. The minimum absolute atomic E-state index is 0.139. The minimum Gasteiger partial charge on any atom is -0.330 e. The zero-order valence-corrected chi connectivity index (χ0v) is 11.3. The van der Waals surface area contributed by atoms with Crippen LogP contribution < -0.4 is 5.73 Å². The SMILES string of the molecule is NCC1CCCCC1C(=O)Cc1ccccc1Cl. The fraction of sp³-hybridized carbons (Fsp3) is 0.533. The molecule has 0 bridgehead atoms. The van der Waals surface area contributed by atoms with Crippen LogP contribution in [0.3, 0.4) is 0 Å². The Labute approximate surface area is 114 Å². The summed E-state index contributed by atoms with van der Waals surface area (Å²) < 4.78 is 0. The zero-order chi connectivity index (χ0) is 13.0. The van der Waals surface area contributed by atoms with Crippen molar-refractivity contribution in [3.63, 3.8) is 0 Å². The zero-order valence-electron chi connectivity index (χ0n) is 10.6. The second kappa shape index (κ2) is 6.35. The van der Waals surface area contributed by atoms with Gasteiger partial charge in [-0.05, 0) is 36.9 Å². The van der Waals surface area contributed by atoms with Gasteiger partial charge in [0, 0.05) is 17.4 Å². The van der Waals surface area contributed by atoms with E-state index in [9.17, 15) is 4.79 Å². The summed E-state index contributed by atoms with van der Waals surface area (Å²) in [6, 6.07) is 7.58. The van der Waals surface area contributed by atoms with Gasteiger partial charge in [0.25, 0.3) is 0 Å². The maximum absolute atomic E-state index is 12.4. The fourth-order valence-electron chi connectivity index (χ4n) is 2.87. The van der Waals surface area contributed by atoms with E-state index in [4.69, 9.17) is 17.3 Å². The molecule has 0 spiro atoms. The molecule has 1 aromatic rings. The second-order valence-corrected chi connectivity index (χ2v) is 5.53. The molecular formula is C15H20ClNO. The molecule has 18 heavy (non-hydrogen) atoms. The maximum atomic E-state index is 12.4. The summed E-state index contributed by atoms with van der Waals surface area (Å²) in [5, 5.41) is 0.686. The summed E-state index contributed by atoms with van der Waals surface area (Å²) in [5.74, 6) is 0.812. The molecule has 2 atom stereocenters. The van der Waals surface area contributed by atoms with Gasteiger partial charge in [-0.2, -0.15) is 0 Å². The van der Waals surface area contributed by atoms with Gasteiger partial charge < -0.3 is 5.73 Å². The maximum Gasteiger partial charge on any atom is 0.140 e. The van der Waals surface area contributed by atoms with Crippen molar-refractivity contribution in [2.75, 3.05) is 6.54 Å².